The zero-order chi connectivity index (χ0) is 25.7. The third-order valence-corrected chi connectivity index (χ3v) is 6.39. The van der Waals surface area contributed by atoms with Crippen LogP contribution in [0.15, 0.2) is 48.0 Å². The molecule has 1 saturated heterocycles. The predicted octanol–water partition coefficient (Wildman–Crippen LogP) is 5.28. The Morgan fingerprint density at radius 1 is 1.11 bits per heavy atom. The summed E-state index contributed by atoms with van der Waals surface area (Å²) in [6.45, 7) is 9.98. The minimum atomic E-state index is -0.643. The number of likely N-dealkylation sites (tertiary alicyclic amines) is 1. The van der Waals surface area contributed by atoms with Crippen LogP contribution < -0.4 is 4.74 Å². The average Bonchev–Trinajstić information content (AvgIpc) is 3.07. The van der Waals surface area contributed by atoms with E-state index in [-0.39, 0.29) is 11.3 Å². The molecule has 1 aliphatic rings. The number of aryl methyl sites for hydroxylation is 1. The van der Waals surface area contributed by atoms with Crippen molar-refractivity contribution in [3.8, 4) is 5.75 Å². The third-order valence-electron chi connectivity index (χ3n) is 6.39. The molecule has 0 spiro atoms. The number of nitrogens with zero attached hydrogens (tertiary/aromatic N) is 2. The van der Waals surface area contributed by atoms with Crippen molar-refractivity contribution < 1.29 is 19.4 Å². The molecular formula is C29H38N2O4. The zero-order valence-electron chi connectivity index (χ0n) is 21.8. The van der Waals surface area contributed by atoms with Crippen LogP contribution in [0.3, 0.4) is 0 Å². The van der Waals surface area contributed by atoms with Gasteiger partial charge in [-0.15, -0.1) is 0 Å². The Hall–Kier alpha value is -3.12. The second kappa shape index (κ2) is 11.5. The van der Waals surface area contributed by atoms with E-state index in [1.165, 1.54) is 5.56 Å². The van der Waals surface area contributed by atoms with E-state index in [1.807, 2.05) is 58.3 Å². The maximum atomic E-state index is 13.3. The Bertz CT molecular complexity index is 1090. The van der Waals surface area contributed by atoms with Gasteiger partial charge in [0, 0.05) is 12.1 Å². The summed E-state index contributed by atoms with van der Waals surface area (Å²) in [4.78, 5) is 30.1. The lowest BCUT2D eigenvalue weighted by atomic mass is 9.92. The van der Waals surface area contributed by atoms with Crippen molar-refractivity contribution in [1.82, 2.24) is 9.80 Å². The number of Topliss-reactive ketones (excluding diaryl/α,β-unsaturated/α-hetero) is 1. The predicted molar refractivity (Wildman–Crippen MR) is 140 cm³/mol. The molecule has 188 valence electrons. The highest BCUT2D eigenvalue weighted by Crippen LogP contribution is 2.40. The van der Waals surface area contributed by atoms with Gasteiger partial charge in [0.1, 0.15) is 11.5 Å². The summed E-state index contributed by atoms with van der Waals surface area (Å²) in [5.74, 6) is -0.270. The molecule has 35 heavy (non-hydrogen) atoms. The Morgan fingerprint density at radius 2 is 1.80 bits per heavy atom. The molecule has 1 N–H and O–H groups in total. The number of ketones is 1. The minimum Gasteiger partial charge on any atom is -0.507 e. The van der Waals surface area contributed by atoms with Crippen molar-refractivity contribution in [3.63, 3.8) is 0 Å². The quantitative estimate of drug-likeness (QED) is 0.286. The van der Waals surface area contributed by atoms with Crippen molar-refractivity contribution in [3.05, 3.63) is 70.3 Å². The van der Waals surface area contributed by atoms with Crippen LogP contribution in [-0.2, 0) is 9.59 Å². The van der Waals surface area contributed by atoms with Gasteiger partial charge in [0.05, 0.1) is 18.2 Å². The summed E-state index contributed by atoms with van der Waals surface area (Å²) < 4.78 is 5.70. The number of carbonyl (C=O) groups excluding carboxylic acids is 2. The molecule has 6 heteroatoms. The summed E-state index contributed by atoms with van der Waals surface area (Å²) in [6.07, 6.45) is 1.62. The lowest BCUT2D eigenvalue weighted by Gasteiger charge is -2.26. The second-order valence-electron chi connectivity index (χ2n) is 9.80. The maximum Gasteiger partial charge on any atom is 0.295 e. The lowest BCUT2D eigenvalue weighted by molar-refractivity contribution is -0.139. The number of hydrogen-bond acceptors (Lipinski definition) is 5. The van der Waals surface area contributed by atoms with Crippen LogP contribution in [0, 0.1) is 6.92 Å². The molecule has 1 amide bonds. The van der Waals surface area contributed by atoms with Crippen molar-refractivity contribution in [2.45, 2.75) is 52.5 Å². The highest BCUT2D eigenvalue weighted by Gasteiger charge is 2.45. The molecule has 0 radical (unpaired) electrons. The van der Waals surface area contributed by atoms with Crippen LogP contribution in [0.5, 0.6) is 5.75 Å². The highest BCUT2D eigenvalue weighted by molar-refractivity contribution is 6.46. The van der Waals surface area contributed by atoms with Crippen molar-refractivity contribution in [2.75, 3.05) is 33.8 Å². The molecule has 3 rings (SSSR count). The van der Waals surface area contributed by atoms with E-state index in [9.17, 15) is 14.7 Å². The van der Waals surface area contributed by atoms with Crippen LogP contribution in [0.1, 0.15) is 67.8 Å². The fourth-order valence-corrected chi connectivity index (χ4v) is 4.43. The van der Waals surface area contributed by atoms with Crippen molar-refractivity contribution in [2.24, 2.45) is 0 Å². The summed E-state index contributed by atoms with van der Waals surface area (Å²) in [5.41, 5.74) is 3.45. The van der Waals surface area contributed by atoms with Gasteiger partial charge in [0.25, 0.3) is 11.7 Å². The number of ether oxygens (including phenoxy) is 1. The molecule has 1 atom stereocenters. The largest absolute Gasteiger partial charge is 0.507 e. The Balaban J connectivity index is 2.07. The monoisotopic (exact) mass is 478 g/mol. The number of benzene rings is 2. The Kier molecular flexibility index (Phi) is 8.73. The first-order chi connectivity index (χ1) is 16.6. The van der Waals surface area contributed by atoms with Gasteiger partial charge in [-0.05, 0) is 81.2 Å². The highest BCUT2D eigenvalue weighted by atomic mass is 16.5. The normalized spacial score (nSPS) is 17.6. The van der Waals surface area contributed by atoms with Gasteiger partial charge in [-0.3, -0.25) is 9.59 Å². The smallest absolute Gasteiger partial charge is 0.295 e. The molecule has 6 nitrogen and oxygen atoms in total. The average molecular weight is 479 g/mol. The van der Waals surface area contributed by atoms with Crippen LogP contribution in [0.4, 0.5) is 0 Å². The van der Waals surface area contributed by atoms with E-state index < -0.39 is 17.7 Å². The van der Waals surface area contributed by atoms with E-state index in [1.54, 1.807) is 17.0 Å². The minimum absolute atomic E-state index is 0.141. The molecule has 1 fully saturated rings. The Labute approximate surface area is 209 Å². The summed E-state index contributed by atoms with van der Waals surface area (Å²) >= 11 is 0. The van der Waals surface area contributed by atoms with Gasteiger partial charge >= 0.3 is 0 Å². The molecule has 0 saturated carbocycles. The molecule has 2 aromatic rings. The standard InChI is InChI=1S/C29H38N2O4/c1-7-17-35-23-13-14-24(20(4)18-23)27(32)25-26(22-11-9-21(10-12-22)19(2)3)31(29(34)28(25)33)16-8-15-30(5)6/h9-14,18-19,26,32H,7-8,15-17H2,1-6H3/b27-25+. The van der Waals surface area contributed by atoms with Gasteiger partial charge in [-0.2, -0.15) is 0 Å². The lowest BCUT2D eigenvalue weighted by Crippen LogP contribution is -2.32. The summed E-state index contributed by atoms with van der Waals surface area (Å²) in [7, 11) is 3.96. The second-order valence-corrected chi connectivity index (χ2v) is 9.80. The fraction of sp³-hybridized carbons (Fsp3) is 0.448. The van der Waals surface area contributed by atoms with Gasteiger partial charge in [0.2, 0.25) is 0 Å². The van der Waals surface area contributed by atoms with Gasteiger partial charge in [-0.1, -0.05) is 45.0 Å². The SMILES string of the molecule is CCCOc1ccc(/C(O)=C2\C(=O)C(=O)N(CCCN(C)C)C2c2ccc(C(C)C)cc2)c(C)c1. The number of rotatable bonds is 10. The summed E-state index contributed by atoms with van der Waals surface area (Å²) in [6, 6.07) is 12.8. The van der Waals surface area contributed by atoms with E-state index in [0.29, 0.717) is 30.4 Å². The van der Waals surface area contributed by atoms with Crippen LogP contribution >= 0.6 is 0 Å². The maximum absolute atomic E-state index is 13.3. The van der Waals surface area contributed by atoms with Crippen molar-refractivity contribution in [1.29, 1.82) is 0 Å². The zero-order valence-corrected chi connectivity index (χ0v) is 21.8. The molecular weight excluding hydrogens is 440 g/mol. The summed E-state index contributed by atoms with van der Waals surface area (Å²) in [5, 5.41) is 11.4. The van der Waals surface area contributed by atoms with Crippen LogP contribution in [-0.4, -0.2) is 60.4 Å². The number of amides is 1. The first-order valence-electron chi connectivity index (χ1n) is 12.4. The van der Waals surface area contributed by atoms with Crippen LogP contribution in [0.25, 0.3) is 5.76 Å². The first-order valence-corrected chi connectivity index (χ1v) is 12.4. The van der Waals surface area contributed by atoms with Gasteiger partial charge in [0.15, 0.2) is 0 Å². The van der Waals surface area contributed by atoms with E-state index >= 15 is 0 Å². The third kappa shape index (κ3) is 5.93. The molecule has 1 unspecified atom stereocenters. The van der Waals surface area contributed by atoms with Crippen molar-refractivity contribution >= 4 is 17.4 Å². The Morgan fingerprint density at radius 3 is 2.37 bits per heavy atom. The van der Waals surface area contributed by atoms with E-state index in [0.717, 1.165) is 30.5 Å². The number of hydrogen-bond donors (Lipinski definition) is 1. The number of aliphatic hydroxyl groups is 1. The van der Waals surface area contributed by atoms with Gasteiger partial charge in [-0.25, -0.2) is 0 Å². The molecule has 0 aliphatic carbocycles. The molecule has 0 bridgehead atoms. The molecule has 0 aromatic heterocycles. The van der Waals surface area contributed by atoms with E-state index in [4.69, 9.17) is 4.74 Å². The molecule has 1 aliphatic heterocycles. The molecule has 1 heterocycles. The van der Waals surface area contributed by atoms with E-state index in [2.05, 4.69) is 18.7 Å². The number of aliphatic hydroxyl groups excluding tert-OH is 1. The fourth-order valence-electron chi connectivity index (χ4n) is 4.43. The van der Waals surface area contributed by atoms with Crippen LogP contribution in [0.2, 0.25) is 0 Å². The number of carbonyl (C=O) groups is 2. The molecule has 2 aromatic carbocycles. The van der Waals surface area contributed by atoms with Gasteiger partial charge < -0.3 is 19.6 Å². The topological polar surface area (TPSA) is 70.1 Å². The first kappa shape index (κ1) is 26.5.